The molecule has 1 aliphatic heterocycles. The normalized spacial score (nSPS) is 14.6. The number of fused-ring (bicyclic) bond motifs is 3. The largest absolute Gasteiger partial charge is 0.364 e. The van der Waals surface area contributed by atoms with E-state index in [9.17, 15) is 9.59 Å². The maximum atomic E-state index is 12.1. The zero-order chi connectivity index (χ0) is 21.7. The first-order valence-electron chi connectivity index (χ1n) is 9.93. The second-order valence-electron chi connectivity index (χ2n) is 7.76. The van der Waals surface area contributed by atoms with Gasteiger partial charge >= 0.3 is 0 Å². The number of carbonyl (C=O) groups excluding carboxylic acids is 2. The molecule has 1 aromatic carbocycles. The van der Waals surface area contributed by atoms with Crippen molar-refractivity contribution in [3.8, 4) is 5.69 Å². The highest BCUT2D eigenvalue weighted by molar-refractivity contribution is 5.99. The maximum Gasteiger partial charge on any atom is 0.271 e. The lowest BCUT2D eigenvalue weighted by Crippen LogP contribution is -2.27. The average Bonchev–Trinajstić information content (AvgIpc) is 3.50. The number of nitrogens with two attached hydrogens (primary N) is 1. The van der Waals surface area contributed by atoms with Gasteiger partial charge < -0.3 is 21.3 Å². The van der Waals surface area contributed by atoms with E-state index in [1.807, 2.05) is 36.9 Å². The molecule has 0 radical (unpaired) electrons. The molecule has 1 saturated carbocycles. The number of nitrogens with zero attached hydrogens (tertiary/aromatic N) is 6. The van der Waals surface area contributed by atoms with Crippen molar-refractivity contribution in [1.29, 1.82) is 0 Å². The topological polar surface area (TPSA) is 144 Å². The molecule has 31 heavy (non-hydrogen) atoms. The van der Waals surface area contributed by atoms with Crippen molar-refractivity contribution in [2.45, 2.75) is 26.3 Å². The van der Waals surface area contributed by atoms with Gasteiger partial charge in [-0.2, -0.15) is 5.10 Å². The van der Waals surface area contributed by atoms with Crippen LogP contribution >= 0.6 is 0 Å². The van der Waals surface area contributed by atoms with Gasteiger partial charge in [-0.05, 0) is 31.9 Å². The van der Waals surface area contributed by atoms with Crippen LogP contribution in [-0.4, -0.2) is 43.8 Å². The van der Waals surface area contributed by atoms with Crippen LogP contribution in [0, 0.1) is 12.8 Å². The van der Waals surface area contributed by atoms with Gasteiger partial charge in [0.1, 0.15) is 5.82 Å². The number of primary amides is 1. The van der Waals surface area contributed by atoms with Crippen LogP contribution in [0.5, 0.6) is 0 Å². The van der Waals surface area contributed by atoms with Crippen molar-refractivity contribution in [3.05, 3.63) is 41.6 Å². The van der Waals surface area contributed by atoms with Gasteiger partial charge in [0.05, 0.1) is 29.3 Å². The molecule has 1 fully saturated rings. The number of aromatic nitrogens is 5. The molecule has 2 aromatic heterocycles. The molecule has 158 valence electrons. The number of anilines is 4. The van der Waals surface area contributed by atoms with E-state index in [2.05, 4.69) is 35.8 Å². The quantitative estimate of drug-likeness (QED) is 0.564. The number of carbonyl (C=O) groups is 2. The van der Waals surface area contributed by atoms with Gasteiger partial charge in [0, 0.05) is 19.0 Å². The molecule has 3 heterocycles. The smallest absolute Gasteiger partial charge is 0.271 e. The van der Waals surface area contributed by atoms with E-state index in [1.54, 1.807) is 6.07 Å². The van der Waals surface area contributed by atoms with E-state index in [0.717, 1.165) is 35.7 Å². The summed E-state index contributed by atoms with van der Waals surface area (Å²) in [6, 6.07) is 7.29. The molecule has 0 bridgehead atoms. The first-order chi connectivity index (χ1) is 14.9. The summed E-state index contributed by atoms with van der Waals surface area (Å²) in [7, 11) is 1.96. The molecule has 0 atom stereocenters. The third kappa shape index (κ3) is 3.43. The van der Waals surface area contributed by atoms with E-state index in [4.69, 9.17) is 5.73 Å². The zero-order valence-electron chi connectivity index (χ0n) is 17.1. The summed E-state index contributed by atoms with van der Waals surface area (Å²) in [6.07, 6.45) is 1.74. The molecule has 11 heteroatoms. The van der Waals surface area contributed by atoms with E-state index in [1.165, 1.54) is 0 Å². The Morgan fingerprint density at radius 2 is 2.00 bits per heavy atom. The summed E-state index contributed by atoms with van der Waals surface area (Å²) in [5, 5.41) is 18.4. The molecule has 0 saturated heterocycles. The van der Waals surface area contributed by atoms with Crippen LogP contribution in [0.4, 0.5) is 22.9 Å². The molecular weight excluding hydrogens is 398 g/mol. The average molecular weight is 419 g/mol. The highest BCUT2D eigenvalue weighted by atomic mass is 16.2. The first-order valence-corrected chi connectivity index (χ1v) is 9.93. The molecule has 4 N–H and O–H groups in total. The van der Waals surface area contributed by atoms with E-state index in [0.29, 0.717) is 18.1 Å². The monoisotopic (exact) mass is 419 g/mol. The second kappa shape index (κ2) is 7.04. The Hall–Kier alpha value is -4.02. The molecule has 0 spiro atoms. The minimum atomic E-state index is -0.720. The minimum absolute atomic E-state index is 0.0159. The van der Waals surface area contributed by atoms with Crippen LogP contribution < -0.4 is 21.3 Å². The molecule has 1 aliphatic carbocycles. The van der Waals surface area contributed by atoms with E-state index in [-0.39, 0.29) is 23.3 Å². The van der Waals surface area contributed by atoms with Crippen molar-refractivity contribution in [2.24, 2.45) is 11.7 Å². The van der Waals surface area contributed by atoms with Gasteiger partial charge in [-0.15, -0.1) is 10.2 Å². The summed E-state index contributed by atoms with van der Waals surface area (Å²) < 4.78 is 1.82. The van der Waals surface area contributed by atoms with E-state index < -0.39 is 5.91 Å². The van der Waals surface area contributed by atoms with Gasteiger partial charge in [-0.25, -0.2) is 9.67 Å². The summed E-state index contributed by atoms with van der Waals surface area (Å²) in [6.45, 7) is 2.43. The van der Waals surface area contributed by atoms with Crippen LogP contribution in [0.3, 0.4) is 0 Å². The van der Waals surface area contributed by atoms with Crippen LogP contribution in [0.25, 0.3) is 5.69 Å². The number of rotatable bonds is 5. The fourth-order valence-electron chi connectivity index (χ4n) is 3.70. The lowest BCUT2D eigenvalue weighted by Gasteiger charge is -2.29. The fraction of sp³-hybridized carbons (Fsp3) is 0.300. The predicted octanol–water partition coefficient (Wildman–Crippen LogP) is 1.51. The lowest BCUT2D eigenvalue weighted by atomic mass is 10.1. The first kappa shape index (κ1) is 19.0. The number of hydrogen-bond acceptors (Lipinski definition) is 8. The fourth-order valence-corrected chi connectivity index (χ4v) is 3.70. The van der Waals surface area contributed by atoms with Crippen molar-refractivity contribution in [2.75, 3.05) is 22.6 Å². The highest BCUT2D eigenvalue weighted by Crippen LogP contribution is 2.38. The zero-order valence-corrected chi connectivity index (χ0v) is 17.1. The number of aryl methyl sites for hydroxylation is 1. The third-order valence-electron chi connectivity index (χ3n) is 5.28. The Labute approximate surface area is 177 Å². The third-order valence-corrected chi connectivity index (χ3v) is 5.28. The molecule has 2 aliphatic rings. The molecule has 11 nitrogen and oxygen atoms in total. The maximum absolute atomic E-state index is 12.1. The number of hydrogen-bond donors (Lipinski definition) is 3. The highest BCUT2D eigenvalue weighted by Gasteiger charge is 2.30. The van der Waals surface area contributed by atoms with Gasteiger partial charge in [-0.1, -0.05) is 6.07 Å². The Morgan fingerprint density at radius 1 is 1.19 bits per heavy atom. The van der Waals surface area contributed by atoms with Crippen LogP contribution in [0.15, 0.2) is 24.3 Å². The molecule has 2 amide bonds. The molecule has 0 unspecified atom stereocenters. The Bertz CT molecular complexity index is 1220. The summed E-state index contributed by atoms with van der Waals surface area (Å²) in [5.74, 6) is 0.999. The Morgan fingerprint density at radius 3 is 2.74 bits per heavy atom. The van der Waals surface area contributed by atoms with Gasteiger partial charge in [0.25, 0.3) is 5.91 Å². The Balaban J connectivity index is 1.54. The van der Waals surface area contributed by atoms with Crippen LogP contribution in [0.1, 0.15) is 35.0 Å². The summed E-state index contributed by atoms with van der Waals surface area (Å²) in [4.78, 5) is 30.6. The number of para-hydroxylation sites is 1. The van der Waals surface area contributed by atoms with Crippen molar-refractivity contribution in [1.82, 2.24) is 25.0 Å². The SMILES string of the molecule is Cc1nc2n(n1)-c1cccc(Nc3cc(NC(=O)C4CC4)nnc3C(N)=O)c1N(C)C2. The van der Waals surface area contributed by atoms with Crippen molar-refractivity contribution in [3.63, 3.8) is 0 Å². The van der Waals surface area contributed by atoms with Crippen LogP contribution in [-0.2, 0) is 11.3 Å². The van der Waals surface area contributed by atoms with Gasteiger partial charge in [-0.3, -0.25) is 9.59 Å². The molecule has 3 aromatic rings. The summed E-state index contributed by atoms with van der Waals surface area (Å²) >= 11 is 0. The Kier molecular flexibility index (Phi) is 4.31. The van der Waals surface area contributed by atoms with Crippen molar-refractivity contribution >= 4 is 34.7 Å². The number of benzene rings is 1. The van der Waals surface area contributed by atoms with Crippen LogP contribution in [0.2, 0.25) is 0 Å². The number of amides is 2. The van der Waals surface area contributed by atoms with Gasteiger partial charge in [0.2, 0.25) is 5.91 Å². The minimum Gasteiger partial charge on any atom is -0.364 e. The standard InChI is InChI=1S/C20H21N9O2/c1-10-22-16-9-28(2)18-12(4-3-5-14(18)29(16)27-10)23-13-8-15(24-20(31)11-6-7-11)25-26-17(13)19(21)30/h3-5,8,11H,6-7,9H2,1-2H3,(H2,21,30)(H2,23,24,25,31). The molecular formula is C20H21N9O2. The summed E-state index contributed by atoms with van der Waals surface area (Å²) in [5.41, 5.74) is 8.32. The lowest BCUT2D eigenvalue weighted by molar-refractivity contribution is -0.117. The van der Waals surface area contributed by atoms with E-state index >= 15 is 0 Å². The predicted molar refractivity (Wildman–Crippen MR) is 113 cm³/mol. The van der Waals surface area contributed by atoms with Gasteiger partial charge in [0.15, 0.2) is 17.3 Å². The number of nitrogens with one attached hydrogen (secondary N) is 2. The molecule has 5 rings (SSSR count). The van der Waals surface area contributed by atoms with Crippen molar-refractivity contribution < 1.29 is 9.59 Å². The second-order valence-corrected chi connectivity index (χ2v) is 7.76.